The molecule has 3 N–H and O–H groups in total. The van der Waals surface area contributed by atoms with E-state index in [0.717, 1.165) is 12.1 Å². The van der Waals surface area contributed by atoms with E-state index in [2.05, 4.69) is 5.32 Å². The molecule has 1 aromatic carbocycles. The van der Waals surface area contributed by atoms with Gasteiger partial charge in [-0.25, -0.2) is 0 Å². The van der Waals surface area contributed by atoms with Crippen LogP contribution in [-0.2, 0) is 22.2 Å². The van der Waals surface area contributed by atoms with E-state index in [1.165, 1.54) is 24.3 Å². The van der Waals surface area contributed by atoms with Gasteiger partial charge < -0.3 is 14.6 Å². The van der Waals surface area contributed by atoms with Crippen LogP contribution in [0.25, 0.3) is 11.3 Å². The number of rotatable bonds is 9. The molecule has 2 rings (SSSR count). The van der Waals surface area contributed by atoms with Crippen molar-refractivity contribution in [3.05, 3.63) is 47.7 Å². The molecule has 1 aromatic heterocycles. The van der Waals surface area contributed by atoms with Crippen molar-refractivity contribution >= 4 is 11.9 Å². The van der Waals surface area contributed by atoms with Gasteiger partial charge in [-0.3, -0.25) is 14.9 Å². The number of carbonyl (C=O) groups is 2. The van der Waals surface area contributed by atoms with Crippen LogP contribution >= 0.6 is 0 Å². The molecule has 0 radical (unpaired) electrons. The van der Waals surface area contributed by atoms with E-state index in [1.807, 2.05) is 13.8 Å². The molecule has 6 nitrogen and oxygen atoms in total. The molecule has 0 fully saturated rings. The summed E-state index contributed by atoms with van der Waals surface area (Å²) in [6, 6.07) is 5.22. The predicted molar refractivity (Wildman–Crippen MR) is 98.3 cm³/mol. The predicted octanol–water partition coefficient (Wildman–Crippen LogP) is 4.05. The highest BCUT2D eigenvalue weighted by Crippen LogP contribution is 2.31. The van der Waals surface area contributed by atoms with Crippen molar-refractivity contribution in [2.24, 2.45) is 5.92 Å². The Hall–Kier alpha value is -2.81. The number of benzene rings is 1. The number of halogens is 3. The molecule has 0 aliphatic rings. The molecule has 0 spiro atoms. The number of alkyl halides is 3. The quantitative estimate of drug-likeness (QED) is 0.574. The number of hydrogen-bond donors (Lipinski definition) is 3. The van der Waals surface area contributed by atoms with Crippen LogP contribution in [0.3, 0.4) is 0 Å². The first-order valence-electron chi connectivity index (χ1n) is 8.95. The zero-order valence-electron chi connectivity index (χ0n) is 15.9. The van der Waals surface area contributed by atoms with Crippen molar-refractivity contribution in [1.29, 1.82) is 0 Å². The maximum atomic E-state index is 12.7. The van der Waals surface area contributed by atoms with Gasteiger partial charge in [-0.15, -0.1) is 0 Å². The Morgan fingerprint density at radius 3 is 2.07 bits per heavy atom. The highest BCUT2D eigenvalue weighted by atomic mass is 19.4. The van der Waals surface area contributed by atoms with Gasteiger partial charge in [0.05, 0.1) is 5.56 Å². The first kappa shape index (κ1) is 22.5. The Labute approximate surface area is 165 Å². The summed E-state index contributed by atoms with van der Waals surface area (Å²) in [7, 11) is 0. The summed E-state index contributed by atoms with van der Waals surface area (Å²) in [6.45, 7) is 3.66. The van der Waals surface area contributed by atoms with Crippen LogP contribution in [0.5, 0.6) is 0 Å². The Kier molecular flexibility index (Phi) is 7.07. The smallest absolute Gasteiger partial charge is 0.416 e. The maximum Gasteiger partial charge on any atom is 0.416 e. The third kappa shape index (κ3) is 6.35. The number of furan rings is 1. The van der Waals surface area contributed by atoms with Crippen molar-refractivity contribution in [3.63, 3.8) is 0 Å². The summed E-state index contributed by atoms with van der Waals surface area (Å²) in [6.07, 6.45) is -4.30. The van der Waals surface area contributed by atoms with Crippen molar-refractivity contribution in [1.82, 2.24) is 5.32 Å². The van der Waals surface area contributed by atoms with Crippen molar-refractivity contribution in [2.45, 2.75) is 44.9 Å². The van der Waals surface area contributed by atoms with E-state index in [-0.39, 0.29) is 30.3 Å². The molecule has 2 aromatic rings. The number of hydrogen-bond acceptors (Lipinski definition) is 4. The molecule has 0 amide bonds. The largest absolute Gasteiger partial charge is 0.480 e. The van der Waals surface area contributed by atoms with Crippen molar-refractivity contribution in [3.8, 4) is 11.3 Å². The summed E-state index contributed by atoms with van der Waals surface area (Å²) in [5, 5.41) is 21.3. The van der Waals surface area contributed by atoms with Crippen LogP contribution < -0.4 is 5.32 Å². The summed E-state index contributed by atoms with van der Waals surface area (Å²) in [5.41, 5.74) is -0.375. The number of aliphatic carboxylic acids is 2. The van der Waals surface area contributed by atoms with Crippen LogP contribution in [0.2, 0.25) is 0 Å². The van der Waals surface area contributed by atoms with E-state index in [0.29, 0.717) is 5.56 Å². The Morgan fingerprint density at radius 2 is 1.59 bits per heavy atom. The fourth-order valence-electron chi connectivity index (χ4n) is 2.84. The molecule has 0 aliphatic heterocycles. The Balaban J connectivity index is 2.13. The molecule has 2 atom stereocenters. The van der Waals surface area contributed by atoms with Gasteiger partial charge in [0.1, 0.15) is 23.6 Å². The van der Waals surface area contributed by atoms with E-state index in [4.69, 9.17) is 4.42 Å². The van der Waals surface area contributed by atoms with Crippen molar-refractivity contribution in [2.75, 3.05) is 0 Å². The monoisotopic (exact) mass is 413 g/mol. The minimum absolute atomic E-state index is 0.0490. The molecule has 29 heavy (non-hydrogen) atoms. The van der Waals surface area contributed by atoms with Gasteiger partial charge in [-0.2, -0.15) is 13.2 Å². The standard InChI is InChI=1S/C20H22F3NO5/c1-11(2)9-15(18(25)26)24-16(19(27)28)10-14-7-8-17(29-14)12-3-5-13(6-4-12)20(21,22)23/h3-8,11,15-16,24H,9-10H2,1-2H3,(H,25,26)(H,27,28)/t15?,16-/m0/s1. The fraction of sp³-hybridized carbons (Fsp3) is 0.400. The second kappa shape index (κ2) is 9.13. The zero-order valence-corrected chi connectivity index (χ0v) is 15.9. The molecule has 1 unspecified atom stereocenters. The number of carboxylic acid groups (broad SMARTS) is 2. The van der Waals surface area contributed by atoms with E-state index >= 15 is 0 Å². The molecule has 0 saturated heterocycles. The van der Waals surface area contributed by atoms with Crippen LogP contribution in [-0.4, -0.2) is 34.2 Å². The zero-order chi connectivity index (χ0) is 21.8. The van der Waals surface area contributed by atoms with Gasteiger partial charge in [0.15, 0.2) is 0 Å². The molecule has 0 aliphatic carbocycles. The van der Waals surface area contributed by atoms with Gasteiger partial charge in [-0.05, 0) is 36.6 Å². The minimum Gasteiger partial charge on any atom is -0.480 e. The summed E-state index contributed by atoms with van der Waals surface area (Å²) in [5.74, 6) is -1.77. The van der Waals surface area contributed by atoms with Gasteiger partial charge in [0.2, 0.25) is 0 Å². The lowest BCUT2D eigenvalue weighted by atomic mass is 10.0. The summed E-state index contributed by atoms with van der Waals surface area (Å²) in [4.78, 5) is 22.9. The second-order valence-corrected chi connectivity index (χ2v) is 7.12. The molecular weight excluding hydrogens is 391 g/mol. The third-order valence-corrected chi connectivity index (χ3v) is 4.27. The van der Waals surface area contributed by atoms with Crippen molar-refractivity contribution < 1.29 is 37.4 Å². The van der Waals surface area contributed by atoms with Crippen LogP contribution in [0.1, 0.15) is 31.6 Å². The van der Waals surface area contributed by atoms with Gasteiger partial charge >= 0.3 is 18.1 Å². The normalized spacial score (nSPS) is 14.0. The van der Waals surface area contributed by atoms with Gasteiger partial charge in [-0.1, -0.05) is 26.0 Å². The molecule has 158 valence electrons. The Morgan fingerprint density at radius 1 is 1.00 bits per heavy atom. The number of carboxylic acids is 2. The average Bonchev–Trinajstić information content (AvgIpc) is 3.07. The fourth-order valence-corrected chi connectivity index (χ4v) is 2.84. The molecule has 0 bridgehead atoms. The highest BCUT2D eigenvalue weighted by molar-refractivity contribution is 5.77. The lowest BCUT2D eigenvalue weighted by Gasteiger charge is -2.21. The van der Waals surface area contributed by atoms with Crippen LogP contribution in [0, 0.1) is 5.92 Å². The summed E-state index contributed by atoms with van der Waals surface area (Å²) >= 11 is 0. The Bertz CT molecular complexity index is 843. The maximum absolute atomic E-state index is 12.7. The van der Waals surface area contributed by atoms with Gasteiger partial charge in [0.25, 0.3) is 0 Å². The average molecular weight is 413 g/mol. The minimum atomic E-state index is -4.44. The SMILES string of the molecule is CC(C)CC(N[C@@H](Cc1ccc(-c2ccc(C(F)(F)F)cc2)o1)C(=O)O)C(=O)O. The molecule has 9 heteroatoms. The van der Waals surface area contributed by atoms with Crippen LogP contribution in [0.15, 0.2) is 40.8 Å². The van der Waals surface area contributed by atoms with E-state index in [1.54, 1.807) is 0 Å². The van der Waals surface area contributed by atoms with Gasteiger partial charge in [0, 0.05) is 12.0 Å². The number of nitrogens with one attached hydrogen (secondary N) is 1. The first-order chi connectivity index (χ1) is 13.5. The molecule has 0 saturated carbocycles. The second-order valence-electron chi connectivity index (χ2n) is 7.12. The topological polar surface area (TPSA) is 99.8 Å². The van der Waals surface area contributed by atoms with E-state index in [9.17, 15) is 33.0 Å². The third-order valence-electron chi connectivity index (χ3n) is 4.27. The highest BCUT2D eigenvalue weighted by Gasteiger charge is 2.30. The summed E-state index contributed by atoms with van der Waals surface area (Å²) < 4.78 is 43.5. The lowest BCUT2D eigenvalue weighted by molar-refractivity contribution is -0.143. The molecule has 1 heterocycles. The van der Waals surface area contributed by atoms with Crippen LogP contribution in [0.4, 0.5) is 13.2 Å². The first-order valence-corrected chi connectivity index (χ1v) is 8.95. The lowest BCUT2D eigenvalue weighted by Crippen LogP contribution is -2.48. The van der Waals surface area contributed by atoms with E-state index < -0.39 is 35.8 Å². The molecular formula is C20H22F3NO5.